The fraction of sp³-hybridized carbons (Fsp3) is 1.00. The first kappa shape index (κ1) is 16.3. The average molecular weight is 282 g/mol. The SMILES string of the molecule is CC(CO)(CN1CCCC(C(C)(C)C)CC1)NC1CC1. The summed E-state index contributed by atoms with van der Waals surface area (Å²) < 4.78 is 0. The molecule has 3 heteroatoms. The molecule has 2 aliphatic rings. The van der Waals surface area contributed by atoms with Gasteiger partial charge < -0.3 is 15.3 Å². The van der Waals surface area contributed by atoms with E-state index in [0.717, 1.165) is 12.5 Å². The molecule has 2 N–H and O–H groups in total. The molecular formula is C17H34N2O. The van der Waals surface area contributed by atoms with Crippen molar-refractivity contribution in [3.8, 4) is 0 Å². The Morgan fingerprint density at radius 3 is 2.30 bits per heavy atom. The first-order valence-electron chi connectivity index (χ1n) is 8.43. The first-order valence-corrected chi connectivity index (χ1v) is 8.43. The lowest BCUT2D eigenvalue weighted by Crippen LogP contribution is -2.55. The van der Waals surface area contributed by atoms with Crippen LogP contribution in [0.15, 0.2) is 0 Å². The average Bonchev–Trinajstić information content (AvgIpc) is 3.15. The smallest absolute Gasteiger partial charge is 0.0623 e. The van der Waals surface area contributed by atoms with Crippen LogP contribution in [0.5, 0.6) is 0 Å². The Labute approximate surface area is 125 Å². The molecule has 20 heavy (non-hydrogen) atoms. The van der Waals surface area contributed by atoms with Crippen LogP contribution in [-0.2, 0) is 0 Å². The van der Waals surface area contributed by atoms with E-state index in [1.807, 2.05) is 0 Å². The van der Waals surface area contributed by atoms with Crippen LogP contribution in [0.1, 0.15) is 59.8 Å². The standard InChI is InChI=1S/C17H34N2O/c1-16(2,3)14-6-5-10-19(11-9-14)12-17(4,13-20)18-15-7-8-15/h14-15,18,20H,5-13H2,1-4H3. The summed E-state index contributed by atoms with van der Waals surface area (Å²) in [7, 11) is 0. The zero-order valence-electron chi connectivity index (χ0n) is 13.9. The molecule has 0 amide bonds. The summed E-state index contributed by atoms with van der Waals surface area (Å²) in [5.41, 5.74) is 0.311. The van der Waals surface area contributed by atoms with E-state index >= 15 is 0 Å². The normalized spacial score (nSPS) is 28.9. The predicted octanol–water partition coefficient (Wildman–Crippen LogP) is 2.64. The lowest BCUT2D eigenvalue weighted by atomic mass is 9.77. The van der Waals surface area contributed by atoms with E-state index in [0.29, 0.717) is 11.5 Å². The van der Waals surface area contributed by atoms with E-state index in [9.17, 15) is 5.11 Å². The fourth-order valence-corrected chi connectivity index (χ4v) is 3.54. The molecule has 1 saturated heterocycles. The Kier molecular flexibility index (Phi) is 5.14. The minimum Gasteiger partial charge on any atom is -0.394 e. The van der Waals surface area contributed by atoms with Crippen LogP contribution in [0.25, 0.3) is 0 Å². The number of hydrogen-bond donors (Lipinski definition) is 2. The topological polar surface area (TPSA) is 35.5 Å². The van der Waals surface area contributed by atoms with Crippen molar-refractivity contribution in [3.05, 3.63) is 0 Å². The number of aliphatic hydroxyl groups excluding tert-OH is 1. The molecule has 2 atom stereocenters. The van der Waals surface area contributed by atoms with Gasteiger partial charge in [0, 0.05) is 12.6 Å². The van der Waals surface area contributed by atoms with Gasteiger partial charge >= 0.3 is 0 Å². The zero-order valence-corrected chi connectivity index (χ0v) is 13.9. The predicted molar refractivity (Wildman–Crippen MR) is 84.9 cm³/mol. The monoisotopic (exact) mass is 282 g/mol. The Morgan fingerprint density at radius 1 is 1.05 bits per heavy atom. The first-order chi connectivity index (χ1) is 9.32. The fourth-order valence-electron chi connectivity index (χ4n) is 3.54. The third-order valence-corrected chi connectivity index (χ3v) is 5.10. The molecule has 2 unspecified atom stereocenters. The van der Waals surface area contributed by atoms with Crippen LogP contribution >= 0.6 is 0 Å². The second-order valence-corrected chi connectivity index (χ2v) is 8.41. The van der Waals surface area contributed by atoms with Gasteiger partial charge in [-0.25, -0.2) is 0 Å². The van der Waals surface area contributed by atoms with Crippen LogP contribution in [0.2, 0.25) is 0 Å². The zero-order chi connectivity index (χ0) is 14.8. The molecule has 0 radical (unpaired) electrons. The van der Waals surface area contributed by atoms with Crippen molar-refractivity contribution in [2.45, 2.75) is 71.4 Å². The maximum atomic E-state index is 9.75. The number of nitrogens with one attached hydrogen (secondary N) is 1. The molecule has 0 aromatic heterocycles. The van der Waals surface area contributed by atoms with Gasteiger partial charge in [-0.3, -0.25) is 0 Å². The van der Waals surface area contributed by atoms with Crippen molar-refractivity contribution in [3.63, 3.8) is 0 Å². The van der Waals surface area contributed by atoms with E-state index in [4.69, 9.17) is 0 Å². The number of nitrogens with zero attached hydrogens (tertiary/aromatic N) is 1. The Bertz CT molecular complexity index is 309. The van der Waals surface area contributed by atoms with Crippen molar-refractivity contribution in [1.82, 2.24) is 10.2 Å². The molecule has 2 rings (SSSR count). The van der Waals surface area contributed by atoms with Gasteiger partial charge in [-0.2, -0.15) is 0 Å². The highest BCUT2D eigenvalue weighted by Crippen LogP contribution is 2.34. The van der Waals surface area contributed by atoms with Gasteiger partial charge in [-0.15, -0.1) is 0 Å². The van der Waals surface area contributed by atoms with Crippen molar-refractivity contribution in [2.75, 3.05) is 26.2 Å². The summed E-state index contributed by atoms with van der Waals surface area (Å²) in [6.45, 7) is 12.9. The van der Waals surface area contributed by atoms with E-state index in [2.05, 4.69) is 37.9 Å². The summed E-state index contributed by atoms with van der Waals surface area (Å²) in [4.78, 5) is 2.57. The molecule has 0 bridgehead atoms. The third-order valence-electron chi connectivity index (χ3n) is 5.10. The van der Waals surface area contributed by atoms with Gasteiger partial charge in [0.15, 0.2) is 0 Å². The molecule has 0 aromatic rings. The molecule has 2 fully saturated rings. The minimum atomic E-state index is -0.122. The lowest BCUT2D eigenvalue weighted by molar-refractivity contribution is 0.117. The van der Waals surface area contributed by atoms with Crippen molar-refractivity contribution in [1.29, 1.82) is 0 Å². The second-order valence-electron chi connectivity index (χ2n) is 8.41. The molecule has 0 spiro atoms. The second kappa shape index (κ2) is 6.33. The van der Waals surface area contributed by atoms with Crippen LogP contribution < -0.4 is 5.32 Å². The van der Waals surface area contributed by atoms with Gasteiger partial charge in [-0.05, 0) is 63.5 Å². The van der Waals surface area contributed by atoms with Crippen molar-refractivity contribution in [2.24, 2.45) is 11.3 Å². The van der Waals surface area contributed by atoms with Crippen LogP contribution in [-0.4, -0.2) is 47.8 Å². The van der Waals surface area contributed by atoms with Gasteiger partial charge in [0.1, 0.15) is 0 Å². The van der Waals surface area contributed by atoms with Gasteiger partial charge in [0.2, 0.25) is 0 Å². The summed E-state index contributed by atoms with van der Waals surface area (Å²) >= 11 is 0. The van der Waals surface area contributed by atoms with Gasteiger partial charge in [0.05, 0.1) is 12.1 Å². The molecule has 1 aliphatic carbocycles. The highest BCUT2D eigenvalue weighted by atomic mass is 16.3. The summed E-state index contributed by atoms with van der Waals surface area (Å²) in [6, 6.07) is 0.654. The highest BCUT2D eigenvalue weighted by molar-refractivity contribution is 4.94. The summed E-state index contributed by atoms with van der Waals surface area (Å²) in [5.74, 6) is 0.837. The van der Waals surface area contributed by atoms with E-state index < -0.39 is 0 Å². The number of rotatable bonds is 5. The maximum Gasteiger partial charge on any atom is 0.0623 e. The molecule has 1 heterocycles. The molecule has 0 aromatic carbocycles. The maximum absolute atomic E-state index is 9.75. The molecule has 118 valence electrons. The van der Waals surface area contributed by atoms with E-state index in [1.165, 1.54) is 45.2 Å². The van der Waals surface area contributed by atoms with Crippen LogP contribution in [0.4, 0.5) is 0 Å². The Hall–Kier alpha value is -0.120. The highest BCUT2D eigenvalue weighted by Gasteiger charge is 2.34. The number of aliphatic hydroxyl groups is 1. The summed E-state index contributed by atoms with van der Waals surface area (Å²) in [6.07, 6.45) is 6.51. The van der Waals surface area contributed by atoms with Crippen LogP contribution in [0.3, 0.4) is 0 Å². The third kappa shape index (κ3) is 4.71. The number of hydrogen-bond acceptors (Lipinski definition) is 3. The Morgan fingerprint density at radius 2 is 1.75 bits per heavy atom. The van der Waals surface area contributed by atoms with Crippen LogP contribution in [0, 0.1) is 11.3 Å². The molecular weight excluding hydrogens is 248 g/mol. The van der Waals surface area contributed by atoms with Crippen molar-refractivity contribution >= 4 is 0 Å². The minimum absolute atomic E-state index is 0.122. The van der Waals surface area contributed by atoms with Crippen molar-refractivity contribution < 1.29 is 5.11 Å². The number of likely N-dealkylation sites (tertiary alicyclic amines) is 1. The van der Waals surface area contributed by atoms with E-state index in [-0.39, 0.29) is 12.1 Å². The Balaban J connectivity index is 1.86. The summed E-state index contributed by atoms with van der Waals surface area (Å²) in [5, 5.41) is 13.4. The quantitative estimate of drug-likeness (QED) is 0.814. The van der Waals surface area contributed by atoms with E-state index in [1.54, 1.807) is 0 Å². The van der Waals surface area contributed by atoms with Gasteiger partial charge in [-0.1, -0.05) is 20.8 Å². The lowest BCUT2D eigenvalue weighted by Gasteiger charge is -2.35. The molecule has 3 nitrogen and oxygen atoms in total. The molecule has 1 aliphatic heterocycles. The largest absolute Gasteiger partial charge is 0.394 e. The van der Waals surface area contributed by atoms with Gasteiger partial charge in [0.25, 0.3) is 0 Å². The molecule has 1 saturated carbocycles.